The average Bonchev–Trinajstić information content (AvgIpc) is 2.68. The van der Waals surface area contributed by atoms with Gasteiger partial charge in [-0.2, -0.15) is 0 Å². The SMILES string of the molecule is CC[C@@H](C(=O)NC)N(Cc1ccc(Cl)cc1)C(=O)CSc1ccccc1. The molecule has 0 aromatic heterocycles. The minimum Gasteiger partial charge on any atom is -0.357 e. The number of carbonyl (C=O) groups excluding carboxylic acids is 2. The Morgan fingerprint density at radius 3 is 2.35 bits per heavy atom. The van der Waals surface area contributed by atoms with Gasteiger partial charge in [-0.3, -0.25) is 9.59 Å². The zero-order valence-corrected chi connectivity index (χ0v) is 16.5. The van der Waals surface area contributed by atoms with Gasteiger partial charge >= 0.3 is 0 Å². The minimum absolute atomic E-state index is 0.0655. The van der Waals surface area contributed by atoms with Crippen molar-refractivity contribution in [1.29, 1.82) is 0 Å². The molecule has 0 saturated carbocycles. The van der Waals surface area contributed by atoms with E-state index in [1.807, 2.05) is 49.4 Å². The van der Waals surface area contributed by atoms with Crippen molar-refractivity contribution in [3.8, 4) is 0 Å². The first kappa shape index (κ1) is 20.3. The van der Waals surface area contributed by atoms with Gasteiger partial charge in [0.1, 0.15) is 6.04 Å². The zero-order valence-electron chi connectivity index (χ0n) is 14.9. The summed E-state index contributed by atoms with van der Waals surface area (Å²) in [6.07, 6.45) is 0.551. The van der Waals surface area contributed by atoms with Crippen molar-refractivity contribution in [2.24, 2.45) is 0 Å². The molecule has 6 heteroatoms. The second kappa shape index (κ2) is 10.2. The number of hydrogen-bond donors (Lipinski definition) is 1. The molecule has 0 aliphatic heterocycles. The Morgan fingerprint density at radius 2 is 1.77 bits per heavy atom. The number of rotatable bonds is 8. The van der Waals surface area contributed by atoms with Crippen LogP contribution in [-0.2, 0) is 16.1 Å². The lowest BCUT2D eigenvalue weighted by Crippen LogP contribution is -2.48. The van der Waals surface area contributed by atoms with Crippen LogP contribution in [0.4, 0.5) is 0 Å². The number of nitrogens with one attached hydrogen (secondary N) is 1. The maximum atomic E-state index is 12.9. The van der Waals surface area contributed by atoms with Gasteiger partial charge in [-0.1, -0.05) is 48.9 Å². The van der Waals surface area contributed by atoms with Crippen LogP contribution < -0.4 is 5.32 Å². The topological polar surface area (TPSA) is 49.4 Å². The molecule has 0 unspecified atom stereocenters. The zero-order chi connectivity index (χ0) is 18.9. The Balaban J connectivity index is 2.16. The molecule has 0 aliphatic carbocycles. The summed E-state index contributed by atoms with van der Waals surface area (Å²) >= 11 is 7.42. The van der Waals surface area contributed by atoms with Crippen molar-refractivity contribution in [1.82, 2.24) is 10.2 Å². The van der Waals surface area contributed by atoms with Crippen LogP contribution in [0.3, 0.4) is 0 Å². The predicted octanol–water partition coefficient (Wildman–Crippen LogP) is 3.99. The summed E-state index contributed by atoms with van der Waals surface area (Å²) in [5, 5.41) is 3.30. The van der Waals surface area contributed by atoms with Crippen molar-refractivity contribution in [3.05, 3.63) is 65.2 Å². The molecule has 26 heavy (non-hydrogen) atoms. The van der Waals surface area contributed by atoms with Gasteiger partial charge in [-0.05, 0) is 36.2 Å². The first-order valence-corrected chi connectivity index (χ1v) is 9.84. The maximum absolute atomic E-state index is 12.9. The van der Waals surface area contributed by atoms with Crippen LogP contribution in [0.1, 0.15) is 18.9 Å². The van der Waals surface area contributed by atoms with Crippen molar-refractivity contribution in [2.75, 3.05) is 12.8 Å². The number of hydrogen-bond acceptors (Lipinski definition) is 3. The van der Waals surface area contributed by atoms with Gasteiger partial charge in [-0.15, -0.1) is 11.8 Å². The second-order valence-electron chi connectivity index (χ2n) is 5.79. The van der Waals surface area contributed by atoms with Crippen molar-refractivity contribution in [2.45, 2.75) is 30.8 Å². The summed E-state index contributed by atoms with van der Waals surface area (Å²) in [5.41, 5.74) is 0.940. The summed E-state index contributed by atoms with van der Waals surface area (Å²) in [6, 6.07) is 16.6. The highest BCUT2D eigenvalue weighted by Crippen LogP contribution is 2.20. The molecule has 0 saturated heterocycles. The molecule has 0 radical (unpaired) electrons. The molecule has 2 rings (SSSR count). The number of likely N-dealkylation sites (N-methyl/N-ethyl adjacent to an activating group) is 1. The van der Waals surface area contributed by atoms with Crippen LogP contribution >= 0.6 is 23.4 Å². The molecule has 0 fully saturated rings. The summed E-state index contributed by atoms with van der Waals surface area (Å²) in [6.45, 7) is 2.28. The quantitative estimate of drug-likeness (QED) is 0.693. The molecule has 0 heterocycles. The molecular weight excluding hydrogens is 368 g/mol. The number of benzene rings is 2. The molecule has 4 nitrogen and oxygen atoms in total. The molecule has 2 aromatic rings. The lowest BCUT2D eigenvalue weighted by atomic mass is 10.1. The van der Waals surface area contributed by atoms with Crippen molar-refractivity contribution >= 4 is 35.2 Å². The van der Waals surface area contributed by atoms with Gasteiger partial charge in [0.15, 0.2) is 0 Å². The van der Waals surface area contributed by atoms with Gasteiger partial charge in [0, 0.05) is 23.5 Å². The molecular formula is C20H23ClN2O2S. The van der Waals surface area contributed by atoms with Crippen LogP contribution in [0.2, 0.25) is 5.02 Å². The molecule has 138 valence electrons. The van der Waals surface area contributed by atoms with E-state index in [9.17, 15) is 9.59 Å². The molecule has 1 N–H and O–H groups in total. The van der Waals surface area contributed by atoms with Crippen LogP contribution in [0.5, 0.6) is 0 Å². The summed E-state index contributed by atoms with van der Waals surface area (Å²) < 4.78 is 0. The molecule has 0 aliphatic rings. The van der Waals surface area contributed by atoms with Gasteiger partial charge in [-0.25, -0.2) is 0 Å². The van der Waals surface area contributed by atoms with Gasteiger partial charge in [0.05, 0.1) is 5.75 Å². The number of carbonyl (C=O) groups is 2. The predicted molar refractivity (Wildman–Crippen MR) is 107 cm³/mol. The van der Waals surface area contributed by atoms with Crippen LogP contribution in [0.25, 0.3) is 0 Å². The van der Waals surface area contributed by atoms with Gasteiger partial charge < -0.3 is 10.2 Å². The minimum atomic E-state index is -0.500. The van der Waals surface area contributed by atoms with Crippen LogP contribution in [-0.4, -0.2) is 35.6 Å². The number of nitrogens with zero attached hydrogens (tertiary/aromatic N) is 1. The van der Waals surface area contributed by atoms with Crippen molar-refractivity contribution in [3.63, 3.8) is 0 Å². The first-order valence-electron chi connectivity index (χ1n) is 8.48. The third-order valence-electron chi connectivity index (χ3n) is 4.00. The van der Waals surface area contributed by atoms with E-state index in [0.717, 1.165) is 10.5 Å². The largest absolute Gasteiger partial charge is 0.357 e. The Hall–Kier alpha value is -1.98. The fraction of sp³-hybridized carbons (Fsp3) is 0.300. The van der Waals surface area contributed by atoms with E-state index in [0.29, 0.717) is 18.0 Å². The molecule has 0 bridgehead atoms. The maximum Gasteiger partial charge on any atom is 0.242 e. The number of amides is 2. The van der Waals surface area contributed by atoms with E-state index in [1.54, 1.807) is 24.1 Å². The fourth-order valence-electron chi connectivity index (χ4n) is 2.62. The fourth-order valence-corrected chi connectivity index (χ4v) is 3.55. The highest BCUT2D eigenvalue weighted by Gasteiger charge is 2.27. The Kier molecular flexibility index (Phi) is 8.01. The number of halogens is 1. The van der Waals surface area contributed by atoms with Gasteiger partial charge in [0.2, 0.25) is 11.8 Å². The molecule has 2 aromatic carbocycles. The average molecular weight is 391 g/mol. The summed E-state index contributed by atoms with van der Waals surface area (Å²) in [7, 11) is 1.59. The Morgan fingerprint density at radius 1 is 1.12 bits per heavy atom. The smallest absolute Gasteiger partial charge is 0.242 e. The molecule has 1 atom stereocenters. The van der Waals surface area contributed by atoms with Crippen LogP contribution in [0, 0.1) is 0 Å². The highest BCUT2D eigenvalue weighted by atomic mass is 35.5. The standard InChI is InChI=1S/C20H23ClN2O2S/c1-3-18(20(25)22-2)23(13-15-9-11-16(21)12-10-15)19(24)14-26-17-7-5-4-6-8-17/h4-12,18H,3,13-14H2,1-2H3,(H,22,25)/t18-/m0/s1. The van der Waals surface area contributed by atoms with Crippen LogP contribution in [0.15, 0.2) is 59.5 Å². The lowest BCUT2D eigenvalue weighted by molar-refractivity contribution is -0.139. The lowest BCUT2D eigenvalue weighted by Gasteiger charge is -2.30. The van der Waals surface area contributed by atoms with Crippen molar-refractivity contribution < 1.29 is 9.59 Å². The highest BCUT2D eigenvalue weighted by molar-refractivity contribution is 8.00. The summed E-state index contributed by atoms with van der Waals surface area (Å²) in [5.74, 6) is 0.0641. The Labute approximate surface area is 163 Å². The first-order chi connectivity index (χ1) is 12.5. The third-order valence-corrected chi connectivity index (χ3v) is 5.25. The number of thioether (sulfide) groups is 1. The van der Waals surface area contributed by atoms with Gasteiger partial charge in [0.25, 0.3) is 0 Å². The van der Waals surface area contributed by atoms with E-state index in [1.165, 1.54) is 11.8 Å². The third kappa shape index (κ3) is 5.78. The van der Waals surface area contributed by atoms with E-state index in [4.69, 9.17) is 11.6 Å². The normalized spacial score (nSPS) is 11.7. The molecule has 2 amide bonds. The van der Waals surface area contributed by atoms with E-state index in [2.05, 4.69) is 5.32 Å². The van der Waals surface area contributed by atoms with E-state index < -0.39 is 6.04 Å². The monoisotopic (exact) mass is 390 g/mol. The Bertz CT molecular complexity index is 722. The van der Waals surface area contributed by atoms with E-state index in [-0.39, 0.29) is 17.6 Å². The second-order valence-corrected chi connectivity index (χ2v) is 7.27. The van der Waals surface area contributed by atoms with E-state index >= 15 is 0 Å². The summed E-state index contributed by atoms with van der Waals surface area (Å²) in [4.78, 5) is 27.9. The molecule has 0 spiro atoms.